The van der Waals surface area contributed by atoms with E-state index in [-0.39, 0.29) is 0 Å². The Morgan fingerprint density at radius 3 is 2.11 bits per heavy atom. The summed E-state index contributed by atoms with van der Waals surface area (Å²) in [6.45, 7) is 5.30. The SMILES string of the molecule is CCCc1cnc(-c2ccc(OCCCC3CCC(CCC)CC3)cc2)nc1. The van der Waals surface area contributed by atoms with Crippen LogP contribution < -0.4 is 4.74 Å². The Morgan fingerprint density at radius 1 is 0.857 bits per heavy atom. The number of nitrogens with zero attached hydrogens (tertiary/aromatic N) is 2. The summed E-state index contributed by atoms with van der Waals surface area (Å²) in [6.07, 6.45) is 17.0. The second-order valence-electron chi connectivity index (χ2n) is 8.36. The zero-order valence-corrected chi connectivity index (χ0v) is 17.7. The van der Waals surface area contributed by atoms with Gasteiger partial charge in [0.1, 0.15) is 5.75 Å². The number of hydrogen-bond donors (Lipinski definition) is 0. The molecule has 152 valence electrons. The Bertz CT molecular complexity index is 673. The molecule has 0 spiro atoms. The summed E-state index contributed by atoms with van der Waals surface area (Å²) >= 11 is 0. The molecule has 3 rings (SSSR count). The molecule has 28 heavy (non-hydrogen) atoms. The van der Waals surface area contributed by atoms with Gasteiger partial charge in [-0.05, 0) is 60.9 Å². The van der Waals surface area contributed by atoms with Crippen molar-refractivity contribution >= 4 is 0 Å². The van der Waals surface area contributed by atoms with E-state index in [1.807, 2.05) is 24.5 Å². The van der Waals surface area contributed by atoms with E-state index in [1.165, 1.54) is 50.5 Å². The molecule has 0 unspecified atom stereocenters. The fourth-order valence-corrected chi connectivity index (χ4v) is 4.40. The highest BCUT2D eigenvalue weighted by molar-refractivity contribution is 5.55. The standard InChI is InChI=1S/C25H36N2O/c1-3-6-20-9-11-21(12-10-20)8-5-17-28-24-15-13-23(14-16-24)25-26-18-22(7-4-2)19-27-25/h13-16,18-21H,3-12,17H2,1-2H3. The first kappa shape index (κ1) is 20.8. The van der Waals surface area contributed by atoms with E-state index < -0.39 is 0 Å². The maximum atomic E-state index is 5.96. The third-order valence-electron chi connectivity index (χ3n) is 6.05. The van der Waals surface area contributed by atoms with Gasteiger partial charge in [-0.3, -0.25) is 0 Å². The number of ether oxygens (including phenoxy) is 1. The van der Waals surface area contributed by atoms with Crippen molar-refractivity contribution in [3.8, 4) is 17.1 Å². The van der Waals surface area contributed by atoms with Crippen LogP contribution in [0.2, 0.25) is 0 Å². The molecule has 0 amide bonds. The van der Waals surface area contributed by atoms with Crippen LogP contribution in [0.5, 0.6) is 5.75 Å². The second kappa shape index (κ2) is 11.2. The first-order chi connectivity index (χ1) is 13.8. The van der Waals surface area contributed by atoms with Crippen molar-refractivity contribution in [2.24, 2.45) is 11.8 Å². The lowest BCUT2D eigenvalue weighted by molar-refractivity contribution is 0.230. The van der Waals surface area contributed by atoms with Gasteiger partial charge < -0.3 is 4.74 Å². The van der Waals surface area contributed by atoms with Crippen LogP contribution in [-0.4, -0.2) is 16.6 Å². The molecule has 1 aliphatic rings. The third-order valence-corrected chi connectivity index (χ3v) is 6.05. The van der Waals surface area contributed by atoms with Gasteiger partial charge in [0, 0.05) is 18.0 Å². The van der Waals surface area contributed by atoms with E-state index in [1.54, 1.807) is 0 Å². The third kappa shape index (κ3) is 6.32. The van der Waals surface area contributed by atoms with Crippen molar-refractivity contribution in [1.29, 1.82) is 0 Å². The Morgan fingerprint density at radius 2 is 1.50 bits per heavy atom. The minimum absolute atomic E-state index is 0.782. The zero-order valence-electron chi connectivity index (χ0n) is 17.7. The van der Waals surface area contributed by atoms with Crippen molar-refractivity contribution < 1.29 is 4.74 Å². The summed E-state index contributed by atoms with van der Waals surface area (Å²) < 4.78 is 5.96. The summed E-state index contributed by atoms with van der Waals surface area (Å²) in [5.41, 5.74) is 2.24. The molecule has 0 N–H and O–H groups in total. The minimum Gasteiger partial charge on any atom is -0.494 e. The quantitative estimate of drug-likeness (QED) is 0.422. The highest BCUT2D eigenvalue weighted by Crippen LogP contribution is 2.33. The van der Waals surface area contributed by atoms with Crippen molar-refractivity contribution in [2.75, 3.05) is 6.61 Å². The second-order valence-corrected chi connectivity index (χ2v) is 8.36. The number of benzene rings is 1. The van der Waals surface area contributed by atoms with Crippen LogP contribution in [0.3, 0.4) is 0 Å². The van der Waals surface area contributed by atoms with Gasteiger partial charge in [-0.15, -0.1) is 0 Å². The largest absolute Gasteiger partial charge is 0.494 e. The number of aryl methyl sites for hydroxylation is 1. The normalized spacial score (nSPS) is 19.5. The average Bonchev–Trinajstić information content (AvgIpc) is 2.74. The molecule has 3 heteroatoms. The van der Waals surface area contributed by atoms with Crippen LogP contribution in [0, 0.1) is 11.8 Å². The van der Waals surface area contributed by atoms with Crippen molar-refractivity contribution in [3.63, 3.8) is 0 Å². The topological polar surface area (TPSA) is 35.0 Å². The molecule has 1 heterocycles. The van der Waals surface area contributed by atoms with Crippen LogP contribution in [0.25, 0.3) is 11.4 Å². The maximum absolute atomic E-state index is 5.96. The van der Waals surface area contributed by atoms with Crippen molar-refractivity contribution in [3.05, 3.63) is 42.2 Å². The van der Waals surface area contributed by atoms with Crippen LogP contribution in [0.1, 0.15) is 77.2 Å². The van der Waals surface area contributed by atoms with E-state index in [4.69, 9.17) is 4.74 Å². The summed E-state index contributed by atoms with van der Waals surface area (Å²) in [5, 5.41) is 0. The average molecular weight is 381 g/mol. The van der Waals surface area contributed by atoms with Gasteiger partial charge in [0.05, 0.1) is 6.61 Å². The first-order valence-corrected chi connectivity index (χ1v) is 11.3. The molecule has 2 aromatic rings. The van der Waals surface area contributed by atoms with Gasteiger partial charge in [0.15, 0.2) is 5.82 Å². The summed E-state index contributed by atoms with van der Waals surface area (Å²) in [7, 11) is 0. The van der Waals surface area contributed by atoms with Gasteiger partial charge >= 0.3 is 0 Å². The van der Waals surface area contributed by atoms with Crippen LogP contribution in [0.4, 0.5) is 0 Å². The number of rotatable bonds is 10. The molecule has 1 aromatic heterocycles. The Kier molecular flexibility index (Phi) is 8.32. The molecule has 0 saturated heterocycles. The molecule has 0 bridgehead atoms. The Labute approximate surface area is 171 Å². The Balaban J connectivity index is 1.38. The Hall–Kier alpha value is -1.90. The summed E-state index contributed by atoms with van der Waals surface area (Å²) in [6, 6.07) is 8.18. The summed E-state index contributed by atoms with van der Waals surface area (Å²) in [4.78, 5) is 8.98. The highest BCUT2D eigenvalue weighted by atomic mass is 16.5. The zero-order chi connectivity index (χ0) is 19.6. The van der Waals surface area contributed by atoms with E-state index >= 15 is 0 Å². The molecule has 1 aliphatic carbocycles. The van der Waals surface area contributed by atoms with Gasteiger partial charge in [-0.2, -0.15) is 0 Å². The predicted octanol–water partition coefficient (Wildman–Crippen LogP) is 6.86. The predicted molar refractivity (Wildman–Crippen MR) is 117 cm³/mol. The van der Waals surface area contributed by atoms with E-state index in [2.05, 4.69) is 35.9 Å². The molecule has 0 atom stereocenters. The minimum atomic E-state index is 0.782. The fraction of sp³-hybridized carbons (Fsp3) is 0.600. The monoisotopic (exact) mass is 380 g/mol. The lowest BCUT2D eigenvalue weighted by atomic mass is 9.78. The van der Waals surface area contributed by atoms with Crippen LogP contribution >= 0.6 is 0 Å². The molecule has 3 nitrogen and oxygen atoms in total. The van der Waals surface area contributed by atoms with Gasteiger partial charge in [-0.25, -0.2) is 9.97 Å². The maximum Gasteiger partial charge on any atom is 0.159 e. The molecule has 0 radical (unpaired) electrons. The van der Waals surface area contributed by atoms with Crippen molar-refractivity contribution in [2.45, 2.75) is 78.1 Å². The number of aromatic nitrogens is 2. The molecule has 1 fully saturated rings. The van der Waals surface area contributed by atoms with Gasteiger partial charge in [0.2, 0.25) is 0 Å². The molecule has 1 aromatic carbocycles. The van der Waals surface area contributed by atoms with Gasteiger partial charge in [0.25, 0.3) is 0 Å². The fourth-order valence-electron chi connectivity index (χ4n) is 4.40. The molecular weight excluding hydrogens is 344 g/mol. The number of hydrogen-bond acceptors (Lipinski definition) is 3. The van der Waals surface area contributed by atoms with E-state index in [0.717, 1.165) is 54.8 Å². The lowest BCUT2D eigenvalue weighted by Crippen LogP contribution is -2.15. The first-order valence-electron chi connectivity index (χ1n) is 11.3. The van der Waals surface area contributed by atoms with E-state index in [9.17, 15) is 0 Å². The van der Waals surface area contributed by atoms with Gasteiger partial charge in [-0.1, -0.05) is 58.8 Å². The molecule has 0 aliphatic heterocycles. The molecular formula is C25H36N2O. The smallest absolute Gasteiger partial charge is 0.159 e. The van der Waals surface area contributed by atoms with Crippen LogP contribution in [-0.2, 0) is 6.42 Å². The summed E-state index contributed by atoms with van der Waals surface area (Å²) in [5.74, 6) is 3.65. The lowest BCUT2D eigenvalue weighted by Gasteiger charge is -2.28. The van der Waals surface area contributed by atoms with Crippen molar-refractivity contribution in [1.82, 2.24) is 9.97 Å². The van der Waals surface area contributed by atoms with Crippen LogP contribution in [0.15, 0.2) is 36.7 Å². The molecule has 1 saturated carbocycles. The highest BCUT2D eigenvalue weighted by Gasteiger charge is 2.20. The van der Waals surface area contributed by atoms with E-state index in [0.29, 0.717) is 0 Å².